The Morgan fingerprint density at radius 2 is 0.654 bits per heavy atom. The first-order valence-corrected chi connectivity index (χ1v) is 26.3. The molecule has 0 aromatic heterocycles. The minimum atomic E-state index is -0.858. The van der Waals surface area contributed by atoms with Gasteiger partial charge in [0.15, 0.2) is 0 Å². The van der Waals surface area contributed by atoms with E-state index < -0.39 is 83.3 Å². The highest BCUT2D eigenvalue weighted by Gasteiger charge is 2.36. The lowest BCUT2D eigenvalue weighted by Crippen LogP contribution is -2.30. The first-order chi connectivity index (χ1) is 37.6. The Bertz CT molecular complexity index is 2330. The second-order valence-corrected chi connectivity index (χ2v) is 18.9. The highest BCUT2D eigenvalue weighted by Crippen LogP contribution is 2.36. The maximum absolute atomic E-state index is 13.5. The minimum absolute atomic E-state index is 0.0132. The van der Waals surface area contributed by atoms with Gasteiger partial charge < -0.3 is 47.4 Å². The molecule has 5 rings (SSSR count). The summed E-state index contributed by atoms with van der Waals surface area (Å²) in [4.78, 5) is 128. The molecule has 3 aliphatic carbocycles. The summed E-state index contributed by atoms with van der Waals surface area (Å²) in [5.74, 6) is -9.34. The highest BCUT2D eigenvalue weighted by molar-refractivity contribution is 5.95. The van der Waals surface area contributed by atoms with Crippen molar-refractivity contribution in [2.24, 2.45) is 35.5 Å². The molecule has 20 nitrogen and oxygen atoms in total. The summed E-state index contributed by atoms with van der Waals surface area (Å²) in [5, 5.41) is 0. The van der Waals surface area contributed by atoms with Crippen molar-refractivity contribution in [1.82, 2.24) is 0 Å². The molecule has 0 unspecified atom stereocenters. The van der Waals surface area contributed by atoms with Gasteiger partial charge in [-0.05, 0) is 139 Å². The summed E-state index contributed by atoms with van der Waals surface area (Å²) in [6.45, 7) is 14.2. The van der Waals surface area contributed by atoms with Crippen LogP contribution in [0.15, 0.2) is 87.0 Å². The molecule has 3 saturated carbocycles. The van der Waals surface area contributed by atoms with E-state index in [4.69, 9.17) is 47.4 Å². The summed E-state index contributed by atoms with van der Waals surface area (Å²) in [6.07, 6.45) is 10.9. The average molecular weight is 1090 g/mol. The number of carbonyl (C=O) groups is 10. The van der Waals surface area contributed by atoms with Crippen LogP contribution in [-0.2, 0) is 66.8 Å². The molecule has 2 aromatic carbocycles. The van der Waals surface area contributed by atoms with Crippen LogP contribution in [0.4, 0.5) is 0 Å². The minimum Gasteiger partial charge on any atom is -0.465 e. The fraction of sp³-hybridized carbons (Fsp3) is 0.483. The summed E-state index contributed by atoms with van der Waals surface area (Å²) in [7, 11) is 0. The lowest BCUT2D eigenvalue weighted by molar-refractivity contribution is -0.152. The lowest BCUT2D eigenvalue weighted by atomic mass is 9.82. The second kappa shape index (κ2) is 32.0. The number of esters is 10. The smallest absolute Gasteiger partial charge is 0.342 e. The van der Waals surface area contributed by atoms with E-state index in [1.54, 1.807) is 0 Å². The molecule has 0 aliphatic heterocycles. The largest absolute Gasteiger partial charge is 0.465 e. The van der Waals surface area contributed by atoms with Gasteiger partial charge in [0, 0.05) is 12.2 Å². The van der Waals surface area contributed by atoms with Crippen LogP contribution in [0.25, 0.3) is 0 Å². The van der Waals surface area contributed by atoms with Crippen LogP contribution in [0.5, 0.6) is 23.0 Å². The molecule has 0 radical (unpaired) electrons. The molecule has 0 bridgehead atoms. The molecule has 420 valence electrons. The molecule has 0 saturated heterocycles. The van der Waals surface area contributed by atoms with E-state index in [0.29, 0.717) is 77.0 Å². The van der Waals surface area contributed by atoms with Crippen molar-refractivity contribution in [3.05, 3.63) is 98.1 Å². The van der Waals surface area contributed by atoms with Crippen molar-refractivity contribution in [2.45, 2.75) is 103 Å². The predicted octanol–water partition coefficient (Wildman–Crippen LogP) is 8.22. The number of hydrogen-bond donors (Lipinski definition) is 0. The van der Waals surface area contributed by atoms with E-state index in [2.05, 4.69) is 26.3 Å². The van der Waals surface area contributed by atoms with E-state index >= 15 is 0 Å². The summed E-state index contributed by atoms with van der Waals surface area (Å²) >= 11 is 0. The maximum Gasteiger partial charge on any atom is 0.342 e. The van der Waals surface area contributed by atoms with E-state index in [1.165, 1.54) is 48.6 Å². The number of hydrogen-bond acceptors (Lipinski definition) is 20. The molecule has 0 spiro atoms. The zero-order chi connectivity index (χ0) is 56.4. The second-order valence-electron chi connectivity index (χ2n) is 18.9. The molecule has 78 heavy (non-hydrogen) atoms. The Morgan fingerprint density at radius 3 is 0.949 bits per heavy atom. The zero-order valence-electron chi connectivity index (χ0n) is 43.8. The third-order valence-electron chi connectivity index (χ3n) is 13.4. The normalized spacial score (nSPS) is 19.6. The molecule has 0 atom stereocenters. The average Bonchev–Trinajstić information content (AvgIpc) is 3.47. The van der Waals surface area contributed by atoms with Crippen molar-refractivity contribution < 1.29 is 95.3 Å². The van der Waals surface area contributed by atoms with Crippen LogP contribution in [-0.4, -0.2) is 99.3 Å². The number of rotatable bonds is 28. The van der Waals surface area contributed by atoms with Gasteiger partial charge in [0.1, 0.15) is 47.3 Å². The SMILES string of the molecule is C=CCOC(=O)c1cc(OC(=O)[C@H]2CC[C@H](C(=O)Oc3ccc(OC(=O)[C@H]4CC[C@H](C(=O)OCCCCOC(=O)C=C)CC4)c(C(=O)OCC=C)c3)CC2)ccc1OC(=O)[C@H]1CC[C@H](C(=O)OCCCCOC(=O)C=C)CC1. The number of carbonyl (C=O) groups excluding carboxylic acids is 10. The summed E-state index contributed by atoms with van der Waals surface area (Å²) in [6, 6.07) is 7.90. The predicted molar refractivity (Wildman–Crippen MR) is 275 cm³/mol. The van der Waals surface area contributed by atoms with E-state index in [1.807, 2.05) is 0 Å². The Hall–Kier alpha value is -7.90. The molecule has 0 amide bonds. The molecule has 20 heteroatoms. The Labute approximate surface area is 452 Å². The quantitative estimate of drug-likeness (QED) is 0.0194. The number of benzene rings is 2. The van der Waals surface area contributed by atoms with E-state index in [-0.39, 0.29) is 111 Å². The van der Waals surface area contributed by atoms with Crippen LogP contribution in [0.3, 0.4) is 0 Å². The van der Waals surface area contributed by atoms with Crippen LogP contribution >= 0.6 is 0 Å². The molecule has 3 aliphatic rings. The van der Waals surface area contributed by atoms with Crippen molar-refractivity contribution in [3.8, 4) is 23.0 Å². The molecule has 0 N–H and O–H groups in total. The van der Waals surface area contributed by atoms with E-state index in [0.717, 1.165) is 12.2 Å². The Morgan fingerprint density at radius 1 is 0.372 bits per heavy atom. The Kier molecular flexibility index (Phi) is 25.0. The fourth-order valence-corrected chi connectivity index (χ4v) is 9.00. The van der Waals surface area contributed by atoms with Crippen LogP contribution in [0.2, 0.25) is 0 Å². The van der Waals surface area contributed by atoms with Gasteiger partial charge in [-0.15, -0.1) is 0 Å². The first kappa shape index (κ1) is 61.0. The van der Waals surface area contributed by atoms with E-state index in [9.17, 15) is 47.9 Å². The van der Waals surface area contributed by atoms with Gasteiger partial charge in [0.2, 0.25) is 0 Å². The maximum atomic E-state index is 13.5. The molecular formula is C58H68O20. The van der Waals surface area contributed by atoms with Crippen LogP contribution < -0.4 is 18.9 Å². The third kappa shape index (κ3) is 19.3. The van der Waals surface area contributed by atoms with Crippen LogP contribution in [0.1, 0.15) is 123 Å². The summed E-state index contributed by atoms with van der Waals surface area (Å²) in [5.41, 5.74) is -0.339. The zero-order valence-corrected chi connectivity index (χ0v) is 43.8. The van der Waals surface area contributed by atoms with Crippen molar-refractivity contribution in [2.75, 3.05) is 39.6 Å². The van der Waals surface area contributed by atoms with Gasteiger partial charge in [-0.3, -0.25) is 28.8 Å². The standard InChI is InChI=1S/C58H68O20/c1-5-29-71-57(67)45-35-43(25-27-47(45)77-55(65)41-17-13-37(14-18-41)51(61)73-33-11-9-31-69-49(59)7-3)75-53(63)39-21-23-40(24-22-39)54(64)76-44-26-28-48(46(36-44)58(68)72-30-6-2)78-56(66)42-19-15-38(16-20-42)52(62)74-34-12-10-32-70-50(60)8-4/h5-8,25-28,35-42H,1-4,9-24,29-34H2/t37-,38-,39-,40-,41-,42-. The first-order valence-electron chi connectivity index (χ1n) is 26.3. The monoisotopic (exact) mass is 1080 g/mol. The van der Waals surface area contributed by atoms with Gasteiger partial charge in [-0.2, -0.15) is 0 Å². The van der Waals surface area contributed by atoms with Gasteiger partial charge in [0.05, 0.1) is 61.9 Å². The topological polar surface area (TPSA) is 263 Å². The van der Waals surface area contributed by atoms with Gasteiger partial charge in [0.25, 0.3) is 0 Å². The third-order valence-corrected chi connectivity index (χ3v) is 13.4. The van der Waals surface area contributed by atoms with Gasteiger partial charge in [-0.1, -0.05) is 38.5 Å². The molecule has 3 fully saturated rings. The van der Waals surface area contributed by atoms with Crippen molar-refractivity contribution in [1.29, 1.82) is 0 Å². The fourth-order valence-electron chi connectivity index (χ4n) is 9.00. The Balaban J connectivity index is 1.09. The molecular weight excluding hydrogens is 1020 g/mol. The lowest BCUT2D eigenvalue weighted by Gasteiger charge is -2.26. The van der Waals surface area contributed by atoms with Gasteiger partial charge >= 0.3 is 59.7 Å². The van der Waals surface area contributed by atoms with Crippen molar-refractivity contribution >= 4 is 59.7 Å². The molecule has 0 heterocycles. The highest BCUT2D eigenvalue weighted by atomic mass is 16.6. The van der Waals surface area contributed by atoms with Crippen molar-refractivity contribution in [3.63, 3.8) is 0 Å². The summed E-state index contributed by atoms with van der Waals surface area (Å²) < 4.78 is 53.8. The number of ether oxygens (including phenoxy) is 10. The molecule has 2 aromatic rings. The van der Waals surface area contributed by atoms with Crippen LogP contribution in [0, 0.1) is 35.5 Å². The van der Waals surface area contributed by atoms with Gasteiger partial charge in [-0.25, -0.2) is 19.2 Å². The number of unbranched alkanes of at least 4 members (excludes halogenated alkanes) is 2.